The molecule has 0 aliphatic rings. The summed E-state index contributed by atoms with van der Waals surface area (Å²) >= 11 is 0. The van der Waals surface area contributed by atoms with Crippen molar-refractivity contribution in [3.63, 3.8) is 0 Å². The van der Waals surface area contributed by atoms with Crippen molar-refractivity contribution in [2.24, 2.45) is 0 Å². The van der Waals surface area contributed by atoms with Crippen LogP contribution in [0.3, 0.4) is 0 Å². The van der Waals surface area contributed by atoms with Crippen LogP contribution in [0, 0.1) is 0 Å². The van der Waals surface area contributed by atoms with Gasteiger partial charge in [0.1, 0.15) is 0 Å². The van der Waals surface area contributed by atoms with Gasteiger partial charge in [0, 0.05) is 0 Å². The van der Waals surface area contributed by atoms with Gasteiger partial charge in [-0.2, -0.15) is 0 Å². The van der Waals surface area contributed by atoms with Crippen molar-refractivity contribution in [3.8, 4) is 0 Å². The molecule has 0 saturated carbocycles. The van der Waals surface area contributed by atoms with Crippen LogP contribution in [0.25, 0.3) is 0 Å². The molecule has 0 bridgehead atoms. The molecule has 0 aromatic heterocycles. The number of hydrogen-bond acceptors (Lipinski definition) is 4. The van der Waals surface area contributed by atoms with E-state index in [1.807, 2.05) is 6.08 Å². The van der Waals surface area contributed by atoms with Gasteiger partial charge in [-0.1, -0.05) is 127 Å². The van der Waals surface area contributed by atoms with E-state index in [4.69, 9.17) is 0 Å². The van der Waals surface area contributed by atoms with Crippen LogP contribution in [0.15, 0.2) is 36.5 Å². The van der Waals surface area contributed by atoms with Crippen LogP contribution in [-0.4, -0.2) is 46.1 Å². The third kappa shape index (κ3) is 24.9. The Morgan fingerprint density at radius 2 is 1.13 bits per heavy atom. The van der Waals surface area contributed by atoms with Crippen LogP contribution in [0.5, 0.6) is 0 Å². The molecule has 38 heavy (non-hydrogen) atoms. The minimum atomic E-state index is -0.954. The van der Waals surface area contributed by atoms with E-state index in [1.165, 1.54) is 77.0 Å². The first-order chi connectivity index (χ1) is 18.5. The highest BCUT2D eigenvalue weighted by Crippen LogP contribution is 2.13. The van der Waals surface area contributed by atoms with Crippen molar-refractivity contribution < 1.29 is 20.1 Å². The Kier molecular flexibility index (Phi) is 27.5. The zero-order chi connectivity index (χ0) is 28.1. The average Bonchev–Trinajstić information content (AvgIpc) is 2.90. The first kappa shape index (κ1) is 36.6. The number of unbranched alkanes of at least 4 members (excludes halogenated alkanes) is 14. The van der Waals surface area contributed by atoms with E-state index in [1.54, 1.807) is 6.08 Å². The van der Waals surface area contributed by atoms with Gasteiger partial charge in [-0.3, -0.25) is 4.79 Å². The molecular formula is C33H61NO4. The minimum absolute atomic E-state index is 0.00306. The molecule has 0 aliphatic heterocycles. The number of amides is 1. The molecule has 1 amide bonds. The summed E-state index contributed by atoms with van der Waals surface area (Å²) < 4.78 is 0. The van der Waals surface area contributed by atoms with Crippen LogP contribution in [0.4, 0.5) is 0 Å². The Bertz CT molecular complexity index is 602. The Morgan fingerprint density at radius 1 is 0.658 bits per heavy atom. The van der Waals surface area contributed by atoms with Gasteiger partial charge in [-0.15, -0.1) is 0 Å². The molecular weight excluding hydrogens is 474 g/mol. The monoisotopic (exact) mass is 535 g/mol. The number of aliphatic hydroxyl groups is 3. The lowest BCUT2D eigenvalue weighted by molar-refractivity contribution is -0.124. The molecule has 3 unspecified atom stereocenters. The quantitative estimate of drug-likeness (QED) is 0.0641. The molecule has 0 radical (unpaired) electrons. The first-order valence-corrected chi connectivity index (χ1v) is 15.8. The minimum Gasteiger partial charge on any atom is -0.394 e. The number of hydrogen-bond donors (Lipinski definition) is 4. The second-order valence-corrected chi connectivity index (χ2v) is 10.7. The van der Waals surface area contributed by atoms with Gasteiger partial charge in [-0.05, 0) is 44.9 Å². The Balaban J connectivity index is 3.90. The highest BCUT2D eigenvalue weighted by Gasteiger charge is 2.19. The first-order valence-electron chi connectivity index (χ1n) is 15.8. The zero-order valence-corrected chi connectivity index (χ0v) is 24.8. The fraction of sp³-hybridized carbons (Fsp3) is 0.788. The maximum atomic E-state index is 12.3. The predicted octanol–water partition coefficient (Wildman–Crippen LogP) is 7.70. The molecule has 0 spiro atoms. The third-order valence-corrected chi connectivity index (χ3v) is 6.91. The summed E-state index contributed by atoms with van der Waals surface area (Å²) in [4.78, 5) is 12.3. The largest absolute Gasteiger partial charge is 0.394 e. The molecule has 0 aromatic rings. The van der Waals surface area contributed by atoms with E-state index in [9.17, 15) is 20.1 Å². The standard InChI is InChI=1S/C33H61NO4/c1-3-5-7-9-11-13-15-16-17-19-21-23-25-27-32(37)31(29-35)34-33(38)28-30(36)26-24-22-20-18-14-12-10-8-6-4-2/h11,13,17,19,25,27,30-32,35-37H,3-10,12,14-16,18,20-24,26,28-29H2,1-2H3,(H,34,38)/b13-11+,19-17+,27-25+. The average molecular weight is 536 g/mol. The number of allylic oxidation sites excluding steroid dienone is 5. The lowest BCUT2D eigenvalue weighted by Crippen LogP contribution is -2.45. The van der Waals surface area contributed by atoms with Crippen molar-refractivity contribution in [1.29, 1.82) is 0 Å². The molecule has 3 atom stereocenters. The van der Waals surface area contributed by atoms with E-state index in [0.29, 0.717) is 6.42 Å². The van der Waals surface area contributed by atoms with Crippen molar-refractivity contribution in [3.05, 3.63) is 36.5 Å². The molecule has 5 nitrogen and oxygen atoms in total. The fourth-order valence-electron chi connectivity index (χ4n) is 4.43. The molecule has 0 rings (SSSR count). The van der Waals surface area contributed by atoms with Crippen molar-refractivity contribution >= 4 is 5.91 Å². The number of rotatable bonds is 27. The van der Waals surface area contributed by atoms with E-state index in [0.717, 1.165) is 38.5 Å². The van der Waals surface area contributed by atoms with E-state index in [2.05, 4.69) is 43.5 Å². The van der Waals surface area contributed by atoms with Crippen LogP contribution in [0.2, 0.25) is 0 Å². The van der Waals surface area contributed by atoms with Crippen molar-refractivity contribution in [1.82, 2.24) is 5.32 Å². The van der Waals surface area contributed by atoms with Crippen LogP contribution < -0.4 is 5.32 Å². The summed E-state index contributed by atoms with van der Waals surface area (Å²) in [5.74, 6) is -0.335. The van der Waals surface area contributed by atoms with Crippen LogP contribution >= 0.6 is 0 Å². The normalized spacial score (nSPS) is 14.6. The summed E-state index contributed by atoms with van der Waals surface area (Å²) in [5.41, 5.74) is 0. The molecule has 222 valence electrons. The number of aliphatic hydroxyl groups excluding tert-OH is 3. The smallest absolute Gasteiger partial charge is 0.222 e. The Morgan fingerprint density at radius 3 is 1.68 bits per heavy atom. The van der Waals surface area contributed by atoms with E-state index >= 15 is 0 Å². The second kappa shape index (κ2) is 28.6. The van der Waals surface area contributed by atoms with Gasteiger partial charge in [0.25, 0.3) is 0 Å². The maximum Gasteiger partial charge on any atom is 0.222 e. The lowest BCUT2D eigenvalue weighted by Gasteiger charge is -2.21. The van der Waals surface area contributed by atoms with Gasteiger partial charge in [0.15, 0.2) is 0 Å². The highest BCUT2D eigenvalue weighted by atomic mass is 16.3. The van der Waals surface area contributed by atoms with Crippen molar-refractivity contribution in [2.45, 2.75) is 161 Å². The summed E-state index contributed by atoms with van der Waals surface area (Å²) in [6, 6.07) is -0.761. The third-order valence-electron chi connectivity index (χ3n) is 6.91. The lowest BCUT2D eigenvalue weighted by atomic mass is 10.0. The molecule has 0 saturated heterocycles. The summed E-state index contributed by atoms with van der Waals surface area (Å²) in [5, 5.41) is 32.8. The molecule has 0 aromatic carbocycles. The molecule has 0 heterocycles. The SMILES string of the molecule is CCCCC/C=C/CC/C=C/CC/C=C/C(O)C(CO)NC(=O)CC(O)CCCCCCCCCCCC. The number of carbonyl (C=O) groups is 1. The predicted molar refractivity (Wildman–Crippen MR) is 162 cm³/mol. The molecule has 4 N–H and O–H groups in total. The van der Waals surface area contributed by atoms with Crippen LogP contribution in [-0.2, 0) is 4.79 Å². The highest BCUT2D eigenvalue weighted by molar-refractivity contribution is 5.76. The van der Waals surface area contributed by atoms with E-state index in [-0.39, 0.29) is 18.9 Å². The van der Waals surface area contributed by atoms with Crippen LogP contribution in [0.1, 0.15) is 142 Å². The van der Waals surface area contributed by atoms with E-state index < -0.39 is 18.2 Å². The summed E-state index contributed by atoms with van der Waals surface area (Å²) in [6.07, 6.45) is 32.6. The number of nitrogens with one attached hydrogen (secondary N) is 1. The van der Waals surface area contributed by atoms with Gasteiger partial charge in [0.05, 0.1) is 31.3 Å². The Labute approximate surface area is 234 Å². The topological polar surface area (TPSA) is 89.8 Å². The zero-order valence-electron chi connectivity index (χ0n) is 24.8. The van der Waals surface area contributed by atoms with Gasteiger partial charge >= 0.3 is 0 Å². The maximum absolute atomic E-state index is 12.3. The molecule has 0 aliphatic carbocycles. The number of carbonyl (C=O) groups excluding carboxylic acids is 1. The molecule has 5 heteroatoms. The van der Waals surface area contributed by atoms with Crippen molar-refractivity contribution in [2.75, 3.05) is 6.61 Å². The second-order valence-electron chi connectivity index (χ2n) is 10.7. The van der Waals surface area contributed by atoms with Gasteiger partial charge in [0.2, 0.25) is 5.91 Å². The Hall–Kier alpha value is -1.43. The van der Waals surface area contributed by atoms with Gasteiger partial charge < -0.3 is 20.6 Å². The summed E-state index contributed by atoms with van der Waals surface area (Å²) in [6.45, 7) is 4.11. The fourth-order valence-corrected chi connectivity index (χ4v) is 4.43. The molecule has 0 fully saturated rings. The summed E-state index contributed by atoms with van der Waals surface area (Å²) in [7, 11) is 0. The van der Waals surface area contributed by atoms with Gasteiger partial charge in [-0.25, -0.2) is 0 Å².